The topological polar surface area (TPSA) is 65.2 Å². The van der Waals surface area contributed by atoms with Gasteiger partial charge < -0.3 is 10.5 Å². The van der Waals surface area contributed by atoms with E-state index < -0.39 is 6.09 Å². The van der Waals surface area contributed by atoms with Crippen LogP contribution in [0.5, 0.6) is 5.75 Å². The summed E-state index contributed by atoms with van der Waals surface area (Å²) in [6, 6.07) is 10.5. The number of carbonyl (C=O) groups is 1. The summed E-state index contributed by atoms with van der Waals surface area (Å²) in [5.74, 6) is 0.391. The number of primary amides is 1. The number of pyridine rings is 1. The van der Waals surface area contributed by atoms with Gasteiger partial charge >= 0.3 is 6.09 Å². The van der Waals surface area contributed by atoms with Gasteiger partial charge in [-0.05, 0) is 23.8 Å². The Balaban J connectivity index is 2.47. The second-order valence-corrected chi connectivity index (χ2v) is 3.67. The van der Waals surface area contributed by atoms with Gasteiger partial charge in [0.25, 0.3) is 0 Å². The molecule has 0 spiro atoms. The number of para-hydroxylation sites is 1. The number of nitrogens with zero attached hydrogens (tertiary/aromatic N) is 1. The van der Waals surface area contributed by atoms with Crippen molar-refractivity contribution in [1.82, 2.24) is 4.98 Å². The van der Waals surface area contributed by atoms with Crippen molar-refractivity contribution in [3.05, 3.63) is 47.7 Å². The molecule has 1 aromatic heterocycles. The van der Waals surface area contributed by atoms with Crippen LogP contribution in [0.1, 0.15) is 0 Å². The summed E-state index contributed by atoms with van der Waals surface area (Å²) in [5, 5.41) is 0.372. The lowest BCUT2D eigenvalue weighted by atomic mass is 10.1. The lowest BCUT2D eigenvalue weighted by molar-refractivity contribution is 0.211. The fourth-order valence-corrected chi connectivity index (χ4v) is 1.65. The molecule has 2 rings (SSSR count). The monoisotopic (exact) mass is 248 g/mol. The molecule has 0 bridgehead atoms. The highest BCUT2D eigenvalue weighted by Crippen LogP contribution is 2.30. The number of aromatic nitrogens is 1. The number of benzene rings is 1. The molecule has 0 fully saturated rings. The van der Waals surface area contributed by atoms with E-state index >= 15 is 0 Å². The Kier molecular flexibility index (Phi) is 3.25. The molecule has 4 nitrogen and oxygen atoms in total. The van der Waals surface area contributed by atoms with Crippen molar-refractivity contribution < 1.29 is 9.53 Å². The molecule has 0 unspecified atom stereocenters. The number of nitrogens with two attached hydrogens (primary N) is 1. The fourth-order valence-electron chi connectivity index (χ4n) is 1.47. The van der Waals surface area contributed by atoms with Crippen molar-refractivity contribution in [2.45, 2.75) is 0 Å². The molecule has 1 amide bonds. The SMILES string of the molecule is NC(=O)Oc1ccccc1-c1ccnc(Cl)c1. The molecule has 2 aromatic rings. The standard InChI is InChI=1S/C12H9ClN2O2/c13-11-7-8(5-6-15-11)9-3-1-2-4-10(9)17-12(14)16/h1-7H,(H2,14,16). The fraction of sp³-hybridized carbons (Fsp3) is 0. The molecular weight excluding hydrogens is 240 g/mol. The Hall–Kier alpha value is -2.07. The minimum atomic E-state index is -0.849. The van der Waals surface area contributed by atoms with E-state index in [0.717, 1.165) is 11.1 Å². The van der Waals surface area contributed by atoms with Crippen molar-refractivity contribution in [1.29, 1.82) is 0 Å². The first kappa shape index (κ1) is 11.4. The molecule has 0 atom stereocenters. The van der Waals surface area contributed by atoms with Crippen LogP contribution >= 0.6 is 11.6 Å². The van der Waals surface area contributed by atoms with Gasteiger partial charge in [0.15, 0.2) is 0 Å². The van der Waals surface area contributed by atoms with Crippen LogP contribution in [0, 0.1) is 0 Å². The van der Waals surface area contributed by atoms with Crippen LogP contribution in [0.25, 0.3) is 11.1 Å². The Morgan fingerprint density at radius 1 is 1.29 bits per heavy atom. The highest BCUT2D eigenvalue weighted by molar-refractivity contribution is 6.29. The van der Waals surface area contributed by atoms with Crippen LogP contribution in [0.4, 0.5) is 4.79 Å². The number of hydrogen-bond acceptors (Lipinski definition) is 3. The van der Waals surface area contributed by atoms with E-state index in [-0.39, 0.29) is 0 Å². The number of carbonyl (C=O) groups excluding carboxylic acids is 1. The van der Waals surface area contributed by atoms with Crippen molar-refractivity contribution in [3.8, 4) is 16.9 Å². The summed E-state index contributed by atoms with van der Waals surface area (Å²) in [7, 11) is 0. The van der Waals surface area contributed by atoms with Gasteiger partial charge in [-0.25, -0.2) is 9.78 Å². The first-order valence-corrected chi connectivity index (χ1v) is 5.23. The normalized spacial score (nSPS) is 9.94. The van der Waals surface area contributed by atoms with E-state index in [1.807, 2.05) is 12.1 Å². The molecule has 2 N–H and O–H groups in total. The average molecular weight is 249 g/mol. The van der Waals surface area contributed by atoms with Crippen molar-refractivity contribution in [2.24, 2.45) is 5.73 Å². The van der Waals surface area contributed by atoms with E-state index in [4.69, 9.17) is 22.1 Å². The zero-order valence-corrected chi connectivity index (χ0v) is 9.52. The Bertz CT molecular complexity index is 558. The molecule has 0 aliphatic carbocycles. The van der Waals surface area contributed by atoms with Gasteiger partial charge in [0.05, 0.1) is 0 Å². The molecule has 86 valence electrons. The highest BCUT2D eigenvalue weighted by Gasteiger charge is 2.08. The van der Waals surface area contributed by atoms with Gasteiger partial charge in [-0.2, -0.15) is 0 Å². The predicted molar refractivity (Wildman–Crippen MR) is 64.9 cm³/mol. The smallest absolute Gasteiger partial charge is 0.409 e. The summed E-state index contributed by atoms with van der Waals surface area (Å²) in [6.07, 6.45) is 0.733. The zero-order valence-electron chi connectivity index (χ0n) is 8.76. The predicted octanol–water partition coefficient (Wildman–Crippen LogP) is 2.86. The number of hydrogen-bond donors (Lipinski definition) is 1. The van der Waals surface area contributed by atoms with Crippen LogP contribution in [-0.2, 0) is 0 Å². The molecule has 5 heteroatoms. The average Bonchev–Trinajstić information content (AvgIpc) is 2.29. The second-order valence-electron chi connectivity index (χ2n) is 3.28. The summed E-state index contributed by atoms with van der Waals surface area (Å²) in [5.41, 5.74) is 6.54. The van der Waals surface area contributed by atoms with E-state index in [0.29, 0.717) is 10.9 Å². The molecule has 0 radical (unpaired) electrons. The molecule has 17 heavy (non-hydrogen) atoms. The quantitative estimate of drug-likeness (QED) is 0.831. The van der Waals surface area contributed by atoms with Gasteiger partial charge in [-0.1, -0.05) is 29.8 Å². The first-order chi connectivity index (χ1) is 8.16. The number of ether oxygens (including phenoxy) is 1. The van der Waals surface area contributed by atoms with E-state index in [1.54, 1.807) is 30.5 Å². The lowest BCUT2D eigenvalue weighted by Crippen LogP contribution is -2.16. The van der Waals surface area contributed by atoms with Crippen molar-refractivity contribution in [3.63, 3.8) is 0 Å². The number of rotatable bonds is 2. The number of halogens is 1. The van der Waals surface area contributed by atoms with Crippen molar-refractivity contribution in [2.75, 3.05) is 0 Å². The van der Waals surface area contributed by atoms with Crippen LogP contribution in [0.15, 0.2) is 42.6 Å². The van der Waals surface area contributed by atoms with Gasteiger partial charge in [0.1, 0.15) is 10.9 Å². The molecule has 0 saturated heterocycles. The van der Waals surface area contributed by atoms with Crippen LogP contribution < -0.4 is 10.5 Å². The second kappa shape index (κ2) is 4.84. The minimum Gasteiger partial charge on any atom is -0.410 e. The molecule has 1 aromatic carbocycles. The molecular formula is C12H9ClN2O2. The highest BCUT2D eigenvalue weighted by atomic mass is 35.5. The molecule has 1 heterocycles. The largest absolute Gasteiger partial charge is 0.410 e. The van der Waals surface area contributed by atoms with E-state index in [2.05, 4.69) is 4.98 Å². The van der Waals surface area contributed by atoms with Gasteiger partial charge in [-0.15, -0.1) is 0 Å². The van der Waals surface area contributed by atoms with E-state index in [9.17, 15) is 4.79 Å². The summed E-state index contributed by atoms with van der Waals surface area (Å²) >= 11 is 5.81. The Morgan fingerprint density at radius 2 is 2.06 bits per heavy atom. The van der Waals surface area contributed by atoms with Gasteiger partial charge in [0.2, 0.25) is 0 Å². The summed E-state index contributed by atoms with van der Waals surface area (Å²) in [4.78, 5) is 14.7. The van der Waals surface area contributed by atoms with Crippen LogP contribution in [-0.4, -0.2) is 11.1 Å². The Morgan fingerprint density at radius 3 is 2.76 bits per heavy atom. The lowest BCUT2D eigenvalue weighted by Gasteiger charge is -2.08. The van der Waals surface area contributed by atoms with Crippen LogP contribution in [0.3, 0.4) is 0 Å². The third-order valence-corrected chi connectivity index (χ3v) is 2.34. The molecule has 0 aliphatic rings. The zero-order chi connectivity index (χ0) is 12.3. The Labute approximate surface area is 103 Å². The maximum atomic E-state index is 10.8. The maximum Gasteiger partial charge on any atom is 0.409 e. The first-order valence-electron chi connectivity index (χ1n) is 4.85. The van der Waals surface area contributed by atoms with Gasteiger partial charge in [-0.3, -0.25) is 0 Å². The maximum absolute atomic E-state index is 10.8. The third-order valence-electron chi connectivity index (χ3n) is 2.14. The molecule has 0 aliphatic heterocycles. The number of amides is 1. The summed E-state index contributed by atoms with van der Waals surface area (Å²) < 4.78 is 4.92. The van der Waals surface area contributed by atoms with Gasteiger partial charge in [0, 0.05) is 11.8 Å². The van der Waals surface area contributed by atoms with E-state index in [1.165, 1.54) is 0 Å². The third kappa shape index (κ3) is 2.73. The molecule has 0 saturated carbocycles. The summed E-state index contributed by atoms with van der Waals surface area (Å²) in [6.45, 7) is 0. The van der Waals surface area contributed by atoms with Crippen molar-refractivity contribution >= 4 is 17.7 Å². The van der Waals surface area contributed by atoms with Crippen LogP contribution in [0.2, 0.25) is 5.15 Å². The minimum absolute atomic E-state index is 0.372.